The fourth-order valence-corrected chi connectivity index (χ4v) is 3.36. The van der Waals surface area contributed by atoms with Crippen LogP contribution in [0.3, 0.4) is 0 Å². The Labute approximate surface area is 170 Å². The van der Waals surface area contributed by atoms with E-state index in [2.05, 4.69) is 4.98 Å². The highest BCUT2D eigenvalue weighted by atomic mass is 16.6. The van der Waals surface area contributed by atoms with E-state index in [0.717, 1.165) is 0 Å². The highest BCUT2D eigenvalue weighted by molar-refractivity contribution is 6.46. The molecule has 3 aromatic rings. The zero-order valence-electron chi connectivity index (χ0n) is 15.5. The van der Waals surface area contributed by atoms with Crippen molar-refractivity contribution in [2.45, 2.75) is 12.6 Å². The minimum Gasteiger partial charge on any atom is -0.507 e. The summed E-state index contributed by atoms with van der Waals surface area (Å²) >= 11 is 0. The number of likely N-dealkylation sites (tertiary alicyclic amines) is 1. The Morgan fingerprint density at radius 2 is 1.90 bits per heavy atom. The number of hydrogen-bond donors (Lipinski definition) is 1. The van der Waals surface area contributed by atoms with Gasteiger partial charge in [0.05, 0.1) is 29.0 Å². The van der Waals surface area contributed by atoms with Gasteiger partial charge in [-0.1, -0.05) is 6.07 Å². The molecule has 1 fully saturated rings. The van der Waals surface area contributed by atoms with Crippen molar-refractivity contribution in [1.29, 1.82) is 0 Å². The SMILES string of the molecule is O=C1C(=O)N(Cc2ccco2)C(c2ccccn2)/C1=C(/O)c1ccc([N+](=O)[O-])cc1. The van der Waals surface area contributed by atoms with Gasteiger partial charge in [0.25, 0.3) is 17.4 Å². The minimum atomic E-state index is -0.938. The first kappa shape index (κ1) is 19.1. The number of carbonyl (C=O) groups is 2. The molecule has 0 saturated carbocycles. The maximum absolute atomic E-state index is 12.8. The van der Waals surface area contributed by atoms with Crippen LogP contribution in [0.4, 0.5) is 5.69 Å². The van der Waals surface area contributed by atoms with E-state index in [-0.39, 0.29) is 23.4 Å². The van der Waals surface area contributed by atoms with Crippen LogP contribution in [0.2, 0.25) is 0 Å². The molecule has 0 spiro atoms. The van der Waals surface area contributed by atoms with Gasteiger partial charge in [0.15, 0.2) is 0 Å². The molecule has 3 heterocycles. The van der Waals surface area contributed by atoms with Gasteiger partial charge in [0, 0.05) is 23.9 Å². The molecule has 0 bridgehead atoms. The number of pyridine rings is 1. The quantitative estimate of drug-likeness (QED) is 0.227. The van der Waals surface area contributed by atoms with E-state index in [0.29, 0.717) is 11.5 Å². The van der Waals surface area contributed by atoms with Crippen molar-refractivity contribution in [2.24, 2.45) is 0 Å². The maximum Gasteiger partial charge on any atom is 0.296 e. The number of aliphatic hydroxyl groups is 1. The highest BCUT2D eigenvalue weighted by Crippen LogP contribution is 2.39. The number of amides is 1. The number of aliphatic hydroxyl groups excluding tert-OH is 1. The first-order chi connectivity index (χ1) is 14.5. The van der Waals surface area contributed by atoms with Gasteiger partial charge in [0.1, 0.15) is 17.6 Å². The molecule has 0 radical (unpaired) electrons. The third-order valence-corrected chi connectivity index (χ3v) is 4.77. The average molecular weight is 405 g/mol. The molecule has 4 rings (SSSR count). The predicted octanol–water partition coefficient (Wildman–Crippen LogP) is 3.20. The first-order valence-electron chi connectivity index (χ1n) is 8.94. The van der Waals surface area contributed by atoms with E-state index < -0.39 is 28.4 Å². The van der Waals surface area contributed by atoms with Crippen LogP contribution in [0.15, 0.2) is 77.0 Å². The Morgan fingerprint density at radius 3 is 2.50 bits per heavy atom. The summed E-state index contributed by atoms with van der Waals surface area (Å²) in [5.74, 6) is -1.63. The van der Waals surface area contributed by atoms with Crippen LogP contribution in [0, 0.1) is 10.1 Å². The van der Waals surface area contributed by atoms with Gasteiger partial charge in [0.2, 0.25) is 0 Å². The third-order valence-electron chi connectivity index (χ3n) is 4.77. The first-order valence-corrected chi connectivity index (χ1v) is 8.94. The van der Waals surface area contributed by atoms with Crippen LogP contribution in [0.25, 0.3) is 5.76 Å². The van der Waals surface area contributed by atoms with Gasteiger partial charge in [-0.25, -0.2) is 0 Å². The van der Waals surface area contributed by atoms with Crippen molar-refractivity contribution in [2.75, 3.05) is 0 Å². The van der Waals surface area contributed by atoms with E-state index in [9.17, 15) is 24.8 Å². The molecule has 9 nitrogen and oxygen atoms in total. The molecule has 150 valence electrons. The topological polar surface area (TPSA) is 127 Å². The largest absolute Gasteiger partial charge is 0.507 e. The molecular formula is C21H15N3O6. The number of non-ortho nitro benzene ring substituents is 1. The summed E-state index contributed by atoms with van der Waals surface area (Å²) < 4.78 is 5.31. The van der Waals surface area contributed by atoms with Gasteiger partial charge < -0.3 is 14.4 Å². The molecule has 1 unspecified atom stereocenters. The lowest BCUT2D eigenvalue weighted by Gasteiger charge is -2.23. The van der Waals surface area contributed by atoms with Crippen LogP contribution in [0.5, 0.6) is 0 Å². The molecule has 1 aliphatic heterocycles. The molecule has 9 heteroatoms. The Balaban J connectivity index is 1.83. The molecule has 2 aromatic heterocycles. The van der Waals surface area contributed by atoms with E-state index in [1.807, 2.05) is 0 Å². The number of nitrogens with zero attached hydrogens (tertiary/aromatic N) is 3. The molecule has 30 heavy (non-hydrogen) atoms. The molecule has 1 amide bonds. The summed E-state index contributed by atoms with van der Waals surface area (Å²) in [6.45, 7) is 0.00978. The Morgan fingerprint density at radius 1 is 1.13 bits per heavy atom. The lowest BCUT2D eigenvalue weighted by molar-refractivity contribution is -0.384. The van der Waals surface area contributed by atoms with E-state index >= 15 is 0 Å². The van der Waals surface area contributed by atoms with Gasteiger partial charge in [-0.2, -0.15) is 0 Å². The second-order valence-corrected chi connectivity index (χ2v) is 6.56. The van der Waals surface area contributed by atoms with E-state index in [1.54, 1.807) is 30.3 Å². The van der Waals surface area contributed by atoms with Crippen molar-refractivity contribution in [3.05, 3.63) is 99.8 Å². The van der Waals surface area contributed by atoms with Gasteiger partial charge in [-0.15, -0.1) is 0 Å². The number of carbonyl (C=O) groups excluding carboxylic acids is 2. The molecule has 1 aliphatic rings. The molecule has 1 N–H and O–H groups in total. The van der Waals surface area contributed by atoms with Gasteiger partial charge in [-0.3, -0.25) is 24.7 Å². The zero-order chi connectivity index (χ0) is 21.3. The number of nitro benzene ring substituents is 1. The number of rotatable bonds is 5. The Kier molecular flexibility index (Phi) is 4.85. The summed E-state index contributed by atoms with van der Waals surface area (Å²) in [5.41, 5.74) is 0.273. The van der Waals surface area contributed by atoms with Crippen LogP contribution in [-0.2, 0) is 16.1 Å². The number of benzene rings is 1. The number of Topliss-reactive ketones (excluding diaryl/α,β-unsaturated/α-hetero) is 1. The lowest BCUT2D eigenvalue weighted by atomic mass is 9.98. The number of nitro groups is 1. The second-order valence-electron chi connectivity index (χ2n) is 6.56. The standard InChI is InChI=1S/C21H15N3O6/c25-19(13-6-8-14(9-7-13)24(28)29)17-18(16-5-1-2-10-22-16)23(21(27)20(17)26)12-15-4-3-11-30-15/h1-11,18,25H,12H2/b19-17-. The van der Waals surface area contributed by atoms with Crippen molar-refractivity contribution < 1.29 is 24.0 Å². The van der Waals surface area contributed by atoms with Crippen molar-refractivity contribution in [3.8, 4) is 0 Å². The normalized spacial score (nSPS) is 18.0. The molecule has 1 aromatic carbocycles. The second kappa shape index (κ2) is 7.63. The monoisotopic (exact) mass is 405 g/mol. The third kappa shape index (κ3) is 3.32. The van der Waals surface area contributed by atoms with Crippen LogP contribution >= 0.6 is 0 Å². The Hall–Kier alpha value is -4.27. The summed E-state index contributed by atoms with van der Waals surface area (Å²) in [6.07, 6.45) is 2.98. The number of aromatic nitrogens is 1. The zero-order valence-corrected chi connectivity index (χ0v) is 15.5. The van der Waals surface area contributed by atoms with Crippen molar-refractivity contribution >= 4 is 23.1 Å². The average Bonchev–Trinajstić information content (AvgIpc) is 3.36. The molecule has 1 atom stereocenters. The number of hydrogen-bond acceptors (Lipinski definition) is 7. The van der Waals surface area contributed by atoms with Crippen LogP contribution in [-0.4, -0.2) is 31.6 Å². The lowest BCUT2D eigenvalue weighted by Crippen LogP contribution is -2.29. The summed E-state index contributed by atoms with van der Waals surface area (Å²) in [7, 11) is 0. The van der Waals surface area contributed by atoms with Gasteiger partial charge in [-0.05, 0) is 36.4 Å². The van der Waals surface area contributed by atoms with Crippen molar-refractivity contribution in [1.82, 2.24) is 9.88 Å². The summed E-state index contributed by atoms with van der Waals surface area (Å²) in [5, 5.41) is 21.7. The van der Waals surface area contributed by atoms with Crippen LogP contribution in [0.1, 0.15) is 23.1 Å². The highest BCUT2D eigenvalue weighted by Gasteiger charge is 2.47. The molecular weight excluding hydrogens is 390 g/mol. The smallest absolute Gasteiger partial charge is 0.296 e. The van der Waals surface area contributed by atoms with Crippen molar-refractivity contribution in [3.63, 3.8) is 0 Å². The molecule has 1 saturated heterocycles. The van der Waals surface area contributed by atoms with Crippen LogP contribution < -0.4 is 0 Å². The maximum atomic E-state index is 12.8. The summed E-state index contributed by atoms with van der Waals surface area (Å²) in [6, 6.07) is 12.5. The van der Waals surface area contributed by atoms with Gasteiger partial charge >= 0.3 is 0 Å². The minimum absolute atomic E-state index is 0.00978. The Bertz CT molecular complexity index is 1140. The fraction of sp³-hybridized carbons (Fsp3) is 0.0952. The van der Waals surface area contributed by atoms with E-state index in [1.165, 1.54) is 41.6 Å². The molecule has 0 aliphatic carbocycles. The fourth-order valence-electron chi connectivity index (χ4n) is 3.36. The predicted molar refractivity (Wildman–Crippen MR) is 104 cm³/mol. The van der Waals surface area contributed by atoms with E-state index in [4.69, 9.17) is 4.42 Å². The number of furan rings is 1. The summed E-state index contributed by atoms with van der Waals surface area (Å²) in [4.78, 5) is 41.5. The number of ketones is 1.